The second-order valence-corrected chi connectivity index (χ2v) is 7.40. The molecule has 1 aliphatic heterocycles. The molecule has 0 amide bonds. The Balaban J connectivity index is 1.78. The second-order valence-electron chi connectivity index (χ2n) is 6.93. The molecule has 1 saturated heterocycles. The zero-order valence-corrected chi connectivity index (χ0v) is 16.7. The van der Waals surface area contributed by atoms with Crippen LogP contribution in [0.4, 0.5) is 0 Å². The van der Waals surface area contributed by atoms with E-state index in [-0.39, 0.29) is 23.9 Å². The minimum Gasteiger partial charge on any atom is -0.458 e. The van der Waals surface area contributed by atoms with Gasteiger partial charge in [-0.05, 0) is 24.0 Å². The Morgan fingerprint density at radius 2 is 1.68 bits per heavy atom. The van der Waals surface area contributed by atoms with Crippen LogP contribution in [-0.2, 0) is 16.1 Å². The number of alkyl halides is 1. The monoisotopic (exact) mass is 395 g/mol. The van der Waals surface area contributed by atoms with Crippen LogP contribution in [0.15, 0.2) is 85.1 Å². The smallest absolute Gasteiger partial charge is 0.332 e. The van der Waals surface area contributed by atoms with Crippen molar-refractivity contribution in [3.8, 4) is 0 Å². The van der Waals surface area contributed by atoms with Gasteiger partial charge in [-0.15, -0.1) is 18.2 Å². The van der Waals surface area contributed by atoms with Crippen molar-refractivity contribution in [2.45, 2.75) is 30.7 Å². The highest BCUT2D eigenvalue weighted by Gasteiger charge is 2.28. The molecule has 0 radical (unpaired) electrons. The van der Waals surface area contributed by atoms with Gasteiger partial charge in [0.15, 0.2) is 0 Å². The van der Waals surface area contributed by atoms with Gasteiger partial charge in [-0.1, -0.05) is 66.7 Å². The van der Waals surface area contributed by atoms with Crippen LogP contribution in [0.1, 0.15) is 29.9 Å². The molecule has 2 unspecified atom stereocenters. The van der Waals surface area contributed by atoms with Gasteiger partial charge in [-0.3, -0.25) is 0 Å². The maximum Gasteiger partial charge on any atom is 0.332 e. The van der Waals surface area contributed by atoms with E-state index in [0.29, 0.717) is 0 Å². The third-order valence-corrected chi connectivity index (χ3v) is 5.49. The minimum absolute atomic E-state index is 0.0864. The molecule has 2 aromatic carbocycles. The first-order valence-electron chi connectivity index (χ1n) is 9.68. The van der Waals surface area contributed by atoms with Gasteiger partial charge in [-0.2, -0.15) is 0 Å². The normalized spacial score (nSPS) is 16.5. The number of nitrogens with zero attached hydrogens (tertiary/aromatic N) is 1. The zero-order chi connectivity index (χ0) is 19.8. The Hall–Kier alpha value is -2.52. The molecule has 0 aromatic heterocycles. The van der Waals surface area contributed by atoms with Crippen molar-refractivity contribution in [1.29, 1.82) is 0 Å². The standard InChI is InChI=1S/C24H26ClNO2/c1-2-21(20-13-7-4-8-14-20)24(25)22(26-15-9-10-16-26)17-23(27)28-18-19-11-5-3-6-12-19/h2-8,11-14,17,21,24H,1,9-10,15-16,18H2/b22-17+. The summed E-state index contributed by atoms with van der Waals surface area (Å²) >= 11 is 6.90. The van der Waals surface area contributed by atoms with E-state index >= 15 is 0 Å². The predicted octanol–water partition coefficient (Wildman–Crippen LogP) is 5.29. The fourth-order valence-corrected chi connectivity index (χ4v) is 3.94. The highest BCUT2D eigenvalue weighted by Crippen LogP contribution is 2.33. The SMILES string of the molecule is C=CC(c1ccccc1)C(Cl)/C(=C\C(=O)OCc1ccccc1)N1CCCC1. The second kappa shape index (κ2) is 10.1. The molecule has 0 bridgehead atoms. The van der Waals surface area contributed by atoms with Crippen LogP contribution in [0.25, 0.3) is 0 Å². The Morgan fingerprint density at radius 1 is 1.07 bits per heavy atom. The van der Waals surface area contributed by atoms with Gasteiger partial charge >= 0.3 is 5.97 Å². The fraction of sp³-hybridized carbons (Fsp3) is 0.292. The largest absolute Gasteiger partial charge is 0.458 e. The molecule has 1 aliphatic rings. The molecule has 0 aliphatic carbocycles. The van der Waals surface area contributed by atoms with E-state index in [1.807, 2.05) is 66.7 Å². The van der Waals surface area contributed by atoms with Crippen molar-refractivity contribution in [3.63, 3.8) is 0 Å². The van der Waals surface area contributed by atoms with Crippen LogP contribution in [0.3, 0.4) is 0 Å². The van der Waals surface area contributed by atoms with Crippen LogP contribution in [0.2, 0.25) is 0 Å². The van der Waals surface area contributed by atoms with Crippen LogP contribution >= 0.6 is 11.6 Å². The molecular formula is C24H26ClNO2. The summed E-state index contributed by atoms with van der Waals surface area (Å²) in [5.74, 6) is -0.455. The Labute approximate surface area is 172 Å². The van der Waals surface area contributed by atoms with Crippen molar-refractivity contribution >= 4 is 17.6 Å². The summed E-state index contributed by atoms with van der Waals surface area (Å²) in [5, 5.41) is -0.387. The molecule has 146 valence electrons. The summed E-state index contributed by atoms with van der Waals surface area (Å²) in [7, 11) is 0. The number of carbonyl (C=O) groups is 1. The summed E-state index contributed by atoms with van der Waals surface area (Å²) in [6, 6.07) is 19.7. The van der Waals surface area contributed by atoms with Gasteiger partial charge in [-0.25, -0.2) is 4.79 Å². The Kier molecular flexibility index (Phi) is 7.32. The number of likely N-dealkylation sites (tertiary alicyclic amines) is 1. The number of hydrogen-bond donors (Lipinski definition) is 0. The van der Waals surface area contributed by atoms with Crippen molar-refractivity contribution < 1.29 is 9.53 Å². The van der Waals surface area contributed by atoms with E-state index in [9.17, 15) is 4.79 Å². The van der Waals surface area contributed by atoms with Gasteiger partial charge in [0.1, 0.15) is 6.61 Å². The van der Waals surface area contributed by atoms with Gasteiger partial charge in [0, 0.05) is 30.8 Å². The Morgan fingerprint density at radius 3 is 2.29 bits per heavy atom. The van der Waals surface area contributed by atoms with Crippen LogP contribution < -0.4 is 0 Å². The lowest BCUT2D eigenvalue weighted by atomic mass is 9.93. The summed E-state index contributed by atoms with van der Waals surface area (Å²) in [6.45, 7) is 6.03. The third kappa shape index (κ3) is 5.26. The van der Waals surface area contributed by atoms with Crippen molar-refractivity contribution in [1.82, 2.24) is 4.90 Å². The van der Waals surface area contributed by atoms with Gasteiger partial charge in [0.2, 0.25) is 0 Å². The number of benzene rings is 2. The number of ether oxygens (including phenoxy) is 1. The lowest BCUT2D eigenvalue weighted by Crippen LogP contribution is -2.29. The van der Waals surface area contributed by atoms with E-state index in [1.54, 1.807) is 6.08 Å². The van der Waals surface area contributed by atoms with E-state index in [0.717, 1.165) is 42.8 Å². The lowest BCUT2D eigenvalue weighted by Gasteiger charge is -2.29. The summed E-state index contributed by atoms with van der Waals surface area (Å²) in [5.41, 5.74) is 2.86. The molecule has 3 rings (SSSR count). The maximum absolute atomic E-state index is 12.5. The molecule has 0 saturated carbocycles. The van der Waals surface area contributed by atoms with Crippen LogP contribution in [0, 0.1) is 0 Å². The fourth-order valence-electron chi connectivity index (χ4n) is 3.50. The minimum atomic E-state index is -0.387. The topological polar surface area (TPSA) is 29.5 Å². The van der Waals surface area contributed by atoms with Crippen LogP contribution in [0.5, 0.6) is 0 Å². The molecule has 0 spiro atoms. The molecule has 2 aromatic rings. The van der Waals surface area contributed by atoms with Crippen LogP contribution in [-0.4, -0.2) is 29.3 Å². The first-order valence-corrected chi connectivity index (χ1v) is 10.1. The average Bonchev–Trinajstić information content (AvgIpc) is 3.27. The lowest BCUT2D eigenvalue weighted by molar-refractivity contribution is -0.139. The van der Waals surface area contributed by atoms with Gasteiger partial charge < -0.3 is 9.64 Å². The van der Waals surface area contributed by atoms with E-state index in [4.69, 9.17) is 16.3 Å². The number of halogens is 1. The maximum atomic E-state index is 12.5. The average molecular weight is 396 g/mol. The van der Waals surface area contributed by atoms with Crippen molar-refractivity contribution in [2.75, 3.05) is 13.1 Å². The highest BCUT2D eigenvalue weighted by atomic mass is 35.5. The summed E-state index contributed by atoms with van der Waals surface area (Å²) < 4.78 is 5.46. The van der Waals surface area contributed by atoms with E-state index in [1.165, 1.54) is 0 Å². The van der Waals surface area contributed by atoms with Crippen molar-refractivity contribution in [3.05, 3.63) is 96.2 Å². The van der Waals surface area contributed by atoms with Gasteiger partial charge in [0.25, 0.3) is 0 Å². The molecular weight excluding hydrogens is 370 g/mol. The van der Waals surface area contributed by atoms with Gasteiger partial charge in [0.05, 0.1) is 5.38 Å². The number of hydrogen-bond acceptors (Lipinski definition) is 3. The summed E-state index contributed by atoms with van der Waals surface area (Å²) in [6.07, 6.45) is 5.62. The predicted molar refractivity (Wildman–Crippen MR) is 114 cm³/mol. The van der Waals surface area contributed by atoms with E-state index in [2.05, 4.69) is 11.5 Å². The molecule has 4 heteroatoms. The quantitative estimate of drug-likeness (QED) is 0.263. The molecule has 2 atom stereocenters. The highest BCUT2D eigenvalue weighted by molar-refractivity contribution is 6.23. The molecule has 0 N–H and O–H groups in total. The molecule has 3 nitrogen and oxygen atoms in total. The first kappa shape index (κ1) is 20.2. The zero-order valence-electron chi connectivity index (χ0n) is 16.0. The Bertz CT molecular complexity index is 798. The number of rotatable bonds is 8. The molecule has 1 fully saturated rings. The summed E-state index contributed by atoms with van der Waals surface area (Å²) in [4.78, 5) is 14.7. The van der Waals surface area contributed by atoms with E-state index < -0.39 is 0 Å². The first-order chi connectivity index (χ1) is 13.7. The number of esters is 1. The molecule has 1 heterocycles. The number of allylic oxidation sites excluding steroid dienone is 2. The molecule has 28 heavy (non-hydrogen) atoms. The number of carbonyl (C=O) groups excluding carboxylic acids is 1. The third-order valence-electron chi connectivity index (χ3n) is 5.00. The van der Waals surface area contributed by atoms with Crippen molar-refractivity contribution in [2.24, 2.45) is 0 Å².